The molecule has 4 rings (SSSR count). The van der Waals surface area contributed by atoms with Gasteiger partial charge in [0.15, 0.2) is 0 Å². The highest BCUT2D eigenvalue weighted by molar-refractivity contribution is 6.35. The second-order valence-corrected chi connectivity index (χ2v) is 6.56. The second kappa shape index (κ2) is 5.96. The fourth-order valence-electron chi connectivity index (χ4n) is 2.80. The molecule has 4 nitrogen and oxygen atoms in total. The van der Waals surface area contributed by atoms with Crippen molar-refractivity contribution in [2.24, 2.45) is 0 Å². The topological polar surface area (TPSA) is 42.7 Å². The highest BCUT2D eigenvalue weighted by Gasteiger charge is 2.24. The zero-order chi connectivity index (χ0) is 16.7. The van der Waals surface area contributed by atoms with Crippen LogP contribution in [0.4, 0.5) is 5.95 Å². The molecule has 6 heteroatoms. The number of halogens is 2. The van der Waals surface area contributed by atoms with E-state index in [9.17, 15) is 0 Å². The number of allylic oxidation sites excluding steroid dienone is 1. The fourth-order valence-corrected chi connectivity index (χ4v) is 3.31. The lowest BCUT2D eigenvalue weighted by Crippen LogP contribution is -2.20. The van der Waals surface area contributed by atoms with Crippen LogP contribution in [-0.4, -0.2) is 14.8 Å². The van der Waals surface area contributed by atoms with Crippen molar-refractivity contribution in [1.82, 2.24) is 14.8 Å². The molecule has 1 aromatic heterocycles. The molecule has 2 heterocycles. The van der Waals surface area contributed by atoms with Crippen LogP contribution in [0.1, 0.15) is 22.7 Å². The summed E-state index contributed by atoms with van der Waals surface area (Å²) in [5.74, 6) is 0.684. The molecule has 0 saturated heterocycles. The Hall–Kier alpha value is -2.30. The number of rotatable bonds is 2. The smallest absolute Gasteiger partial charge is 0.226 e. The van der Waals surface area contributed by atoms with Gasteiger partial charge in [0, 0.05) is 16.3 Å². The van der Waals surface area contributed by atoms with Crippen LogP contribution in [0.3, 0.4) is 0 Å². The van der Waals surface area contributed by atoms with Crippen molar-refractivity contribution < 1.29 is 0 Å². The molecule has 2 aromatic carbocycles. The van der Waals surface area contributed by atoms with Gasteiger partial charge in [-0.15, -0.1) is 0 Å². The summed E-state index contributed by atoms with van der Waals surface area (Å²) in [4.78, 5) is 4.30. The summed E-state index contributed by atoms with van der Waals surface area (Å²) in [6, 6.07) is 13.8. The van der Waals surface area contributed by atoms with Gasteiger partial charge in [-0.05, 0) is 36.8 Å². The highest BCUT2D eigenvalue weighted by Crippen LogP contribution is 2.35. The summed E-state index contributed by atoms with van der Waals surface area (Å²) in [5, 5.41) is 8.84. The predicted octanol–water partition coefficient (Wildman–Crippen LogP) is 4.95. The number of fused-ring (bicyclic) bond motifs is 1. The average Bonchev–Trinajstić information content (AvgIpc) is 3.03. The Morgan fingerprint density at radius 1 is 1.08 bits per heavy atom. The van der Waals surface area contributed by atoms with Crippen LogP contribution in [0.25, 0.3) is 5.70 Å². The lowest BCUT2D eigenvalue weighted by Gasteiger charge is -2.25. The van der Waals surface area contributed by atoms with Crippen molar-refractivity contribution in [2.75, 3.05) is 5.32 Å². The lowest BCUT2D eigenvalue weighted by atomic mass is 10.0. The van der Waals surface area contributed by atoms with Gasteiger partial charge in [-0.1, -0.05) is 53.0 Å². The number of benzene rings is 2. The van der Waals surface area contributed by atoms with Crippen molar-refractivity contribution in [3.8, 4) is 0 Å². The van der Waals surface area contributed by atoms with Gasteiger partial charge in [0.1, 0.15) is 12.4 Å². The Morgan fingerprint density at radius 2 is 1.88 bits per heavy atom. The third kappa shape index (κ3) is 2.68. The first-order valence-electron chi connectivity index (χ1n) is 7.52. The molecular weight excluding hydrogens is 343 g/mol. The molecule has 0 bridgehead atoms. The summed E-state index contributed by atoms with van der Waals surface area (Å²) in [6.07, 6.45) is 3.64. The molecule has 0 spiro atoms. The number of nitrogens with zero attached hydrogens (tertiary/aromatic N) is 3. The number of aromatic nitrogens is 3. The molecule has 1 aliphatic rings. The molecule has 0 fully saturated rings. The number of aryl methyl sites for hydroxylation is 1. The molecule has 1 aliphatic heterocycles. The van der Waals surface area contributed by atoms with Gasteiger partial charge in [-0.3, -0.25) is 0 Å². The monoisotopic (exact) mass is 356 g/mol. The summed E-state index contributed by atoms with van der Waals surface area (Å²) >= 11 is 12.4. The van der Waals surface area contributed by atoms with E-state index < -0.39 is 0 Å². The van der Waals surface area contributed by atoms with Gasteiger partial charge in [0.25, 0.3) is 0 Å². The van der Waals surface area contributed by atoms with E-state index in [0.717, 1.165) is 16.8 Å². The Kier molecular flexibility index (Phi) is 3.79. The maximum absolute atomic E-state index is 6.37. The van der Waals surface area contributed by atoms with Crippen LogP contribution in [0, 0.1) is 6.92 Å². The molecule has 1 N–H and O–H groups in total. The van der Waals surface area contributed by atoms with Gasteiger partial charge >= 0.3 is 0 Å². The number of nitrogens with one attached hydrogen (secondary N) is 1. The number of hydrogen-bond donors (Lipinski definition) is 1. The van der Waals surface area contributed by atoms with E-state index in [4.69, 9.17) is 23.2 Å². The molecular formula is C18H14Cl2N4. The standard InChI is InChI=1S/C18H14Cl2N4/c1-11-2-4-12(5-3-11)17-9-16(23-18-21-10-22-24(17)18)14-7-6-13(19)8-15(14)20/h2-10,17H,1H3,(H,21,22,23). The Bertz CT molecular complexity index is 928. The molecule has 120 valence electrons. The molecule has 3 aromatic rings. The third-order valence-electron chi connectivity index (χ3n) is 4.05. The van der Waals surface area contributed by atoms with E-state index in [-0.39, 0.29) is 6.04 Å². The van der Waals surface area contributed by atoms with Crippen molar-refractivity contribution in [3.63, 3.8) is 0 Å². The molecule has 1 unspecified atom stereocenters. The molecule has 1 atom stereocenters. The summed E-state index contributed by atoms with van der Waals surface area (Å²) in [6.45, 7) is 2.07. The maximum Gasteiger partial charge on any atom is 0.226 e. The number of hydrogen-bond acceptors (Lipinski definition) is 3. The molecule has 24 heavy (non-hydrogen) atoms. The van der Waals surface area contributed by atoms with E-state index in [0.29, 0.717) is 16.0 Å². The molecule has 0 aliphatic carbocycles. The zero-order valence-corrected chi connectivity index (χ0v) is 14.4. The molecule has 0 saturated carbocycles. The van der Waals surface area contributed by atoms with Crippen LogP contribution >= 0.6 is 23.2 Å². The van der Waals surface area contributed by atoms with Crippen molar-refractivity contribution in [1.29, 1.82) is 0 Å². The van der Waals surface area contributed by atoms with E-state index in [2.05, 4.69) is 52.7 Å². The van der Waals surface area contributed by atoms with Gasteiger partial charge in [0.2, 0.25) is 5.95 Å². The Labute approximate surface area is 149 Å². The minimum Gasteiger partial charge on any atom is -0.324 e. The first-order chi connectivity index (χ1) is 11.6. The van der Waals surface area contributed by atoms with E-state index >= 15 is 0 Å². The van der Waals surface area contributed by atoms with Gasteiger partial charge in [-0.25, -0.2) is 4.68 Å². The third-order valence-corrected chi connectivity index (χ3v) is 4.60. The maximum atomic E-state index is 6.37. The largest absolute Gasteiger partial charge is 0.324 e. The average molecular weight is 357 g/mol. The van der Waals surface area contributed by atoms with E-state index in [1.165, 1.54) is 5.56 Å². The first kappa shape index (κ1) is 15.2. The van der Waals surface area contributed by atoms with Crippen LogP contribution in [0.5, 0.6) is 0 Å². The minimum atomic E-state index is -0.0499. The minimum absolute atomic E-state index is 0.0499. The zero-order valence-electron chi connectivity index (χ0n) is 12.9. The van der Waals surface area contributed by atoms with Crippen LogP contribution in [0.2, 0.25) is 10.0 Å². The van der Waals surface area contributed by atoms with Crippen molar-refractivity contribution in [3.05, 3.63) is 81.6 Å². The molecule has 0 amide bonds. The van der Waals surface area contributed by atoms with Crippen LogP contribution in [0.15, 0.2) is 54.9 Å². The summed E-state index contributed by atoms with van der Waals surface area (Å²) < 4.78 is 1.86. The van der Waals surface area contributed by atoms with E-state index in [1.807, 2.05) is 16.8 Å². The van der Waals surface area contributed by atoms with Crippen molar-refractivity contribution in [2.45, 2.75) is 13.0 Å². The fraction of sp³-hybridized carbons (Fsp3) is 0.111. The summed E-state index contributed by atoms with van der Waals surface area (Å²) in [7, 11) is 0. The molecule has 0 radical (unpaired) electrons. The summed E-state index contributed by atoms with van der Waals surface area (Å²) in [5.41, 5.74) is 4.13. The normalized spacial score (nSPS) is 16.3. The van der Waals surface area contributed by atoms with Crippen LogP contribution < -0.4 is 5.32 Å². The Morgan fingerprint density at radius 3 is 2.62 bits per heavy atom. The van der Waals surface area contributed by atoms with Crippen LogP contribution in [-0.2, 0) is 0 Å². The lowest BCUT2D eigenvalue weighted by molar-refractivity contribution is 0.612. The van der Waals surface area contributed by atoms with Gasteiger partial charge in [0.05, 0.1) is 5.02 Å². The van der Waals surface area contributed by atoms with Gasteiger partial charge < -0.3 is 5.32 Å². The van der Waals surface area contributed by atoms with Crippen molar-refractivity contribution >= 4 is 34.8 Å². The quantitative estimate of drug-likeness (QED) is 0.706. The number of anilines is 1. The van der Waals surface area contributed by atoms with E-state index in [1.54, 1.807) is 12.4 Å². The van der Waals surface area contributed by atoms with Gasteiger partial charge in [-0.2, -0.15) is 10.1 Å². The second-order valence-electron chi connectivity index (χ2n) is 5.71. The Balaban J connectivity index is 1.82. The highest BCUT2D eigenvalue weighted by atomic mass is 35.5. The predicted molar refractivity (Wildman–Crippen MR) is 97.4 cm³/mol. The SMILES string of the molecule is Cc1ccc(C2C=C(c3ccc(Cl)cc3Cl)Nc3ncnn32)cc1. The first-order valence-corrected chi connectivity index (χ1v) is 8.28.